The number of nitrogens with zero attached hydrogens (tertiary/aromatic N) is 2. The molecule has 136 valence electrons. The van der Waals surface area contributed by atoms with Gasteiger partial charge in [0.15, 0.2) is 0 Å². The Morgan fingerprint density at radius 1 is 1.04 bits per heavy atom. The first-order valence-electron chi connectivity index (χ1n) is 8.33. The minimum atomic E-state index is -0.434. The lowest BCUT2D eigenvalue weighted by Crippen LogP contribution is -2.37. The van der Waals surface area contributed by atoms with Gasteiger partial charge in [-0.1, -0.05) is 12.1 Å². The standard InChI is InChI=1S/C17H28N2O5/c1-5-17(4,8-10-18-22)24-12-9-16(2,3)23-13-11-19-14(20)6-7-15(19)21/h6-7H,5,8-13H2,1-4H3. The Morgan fingerprint density at radius 2 is 1.67 bits per heavy atom. The van der Waals surface area contributed by atoms with Crippen LogP contribution < -0.4 is 0 Å². The average Bonchev–Trinajstić information content (AvgIpc) is 2.84. The van der Waals surface area contributed by atoms with E-state index in [2.05, 4.69) is 5.18 Å². The normalized spacial score (nSPS) is 17.4. The van der Waals surface area contributed by atoms with Crippen molar-refractivity contribution in [3.8, 4) is 0 Å². The highest BCUT2D eigenvalue weighted by atomic mass is 16.5. The number of amides is 2. The quantitative estimate of drug-likeness (QED) is 0.402. The predicted molar refractivity (Wildman–Crippen MR) is 90.4 cm³/mol. The molecule has 0 spiro atoms. The second kappa shape index (κ2) is 9.03. The zero-order chi connectivity index (χ0) is 18.2. The summed E-state index contributed by atoms with van der Waals surface area (Å²) in [4.78, 5) is 34.4. The van der Waals surface area contributed by atoms with Crippen LogP contribution in [0, 0.1) is 4.91 Å². The van der Waals surface area contributed by atoms with Crippen molar-refractivity contribution in [1.82, 2.24) is 4.90 Å². The molecular formula is C17H28N2O5. The first-order chi connectivity index (χ1) is 11.2. The summed E-state index contributed by atoms with van der Waals surface area (Å²) < 4.78 is 11.7. The molecule has 0 aromatic heterocycles. The van der Waals surface area contributed by atoms with E-state index in [1.165, 1.54) is 12.2 Å². The fourth-order valence-corrected chi connectivity index (χ4v) is 2.31. The summed E-state index contributed by atoms with van der Waals surface area (Å²) in [6.07, 6.45) is 4.59. The molecule has 1 unspecified atom stereocenters. The monoisotopic (exact) mass is 340 g/mol. The molecule has 0 fully saturated rings. The molecule has 1 aliphatic heterocycles. The van der Waals surface area contributed by atoms with Crippen LogP contribution in [0.3, 0.4) is 0 Å². The van der Waals surface area contributed by atoms with E-state index in [1.807, 2.05) is 27.7 Å². The van der Waals surface area contributed by atoms with Crippen molar-refractivity contribution in [2.45, 2.75) is 58.2 Å². The summed E-state index contributed by atoms with van der Waals surface area (Å²) in [6, 6.07) is 0. The predicted octanol–water partition coefficient (Wildman–Crippen LogP) is 2.44. The Bertz CT molecular complexity index is 471. The number of ether oxygens (including phenoxy) is 2. The fraction of sp³-hybridized carbons (Fsp3) is 0.765. The molecule has 2 amide bonds. The number of imide groups is 1. The van der Waals surface area contributed by atoms with Gasteiger partial charge in [-0.15, -0.1) is 0 Å². The maximum absolute atomic E-state index is 11.5. The Balaban J connectivity index is 2.31. The molecule has 1 heterocycles. The Morgan fingerprint density at radius 3 is 2.21 bits per heavy atom. The summed E-state index contributed by atoms with van der Waals surface area (Å²) in [6.45, 7) is 9.15. The van der Waals surface area contributed by atoms with E-state index in [-0.39, 0.29) is 37.1 Å². The van der Waals surface area contributed by atoms with Gasteiger partial charge in [0.2, 0.25) is 0 Å². The van der Waals surface area contributed by atoms with Gasteiger partial charge in [-0.05, 0) is 40.0 Å². The maximum atomic E-state index is 11.5. The molecule has 1 aliphatic rings. The van der Waals surface area contributed by atoms with Crippen LogP contribution in [-0.2, 0) is 19.1 Å². The second-order valence-electron chi connectivity index (χ2n) is 6.77. The van der Waals surface area contributed by atoms with Gasteiger partial charge in [0.25, 0.3) is 11.8 Å². The molecule has 0 aliphatic carbocycles. The summed E-state index contributed by atoms with van der Waals surface area (Å²) in [7, 11) is 0. The molecule has 0 radical (unpaired) electrons. The molecule has 7 nitrogen and oxygen atoms in total. The van der Waals surface area contributed by atoms with E-state index in [4.69, 9.17) is 9.47 Å². The van der Waals surface area contributed by atoms with Crippen molar-refractivity contribution in [2.75, 3.05) is 26.3 Å². The zero-order valence-corrected chi connectivity index (χ0v) is 15.0. The third-order valence-corrected chi connectivity index (χ3v) is 4.34. The van der Waals surface area contributed by atoms with Gasteiger partial charge in [-0.3, -0.25) is 14.5 Å². The molecule has 1 rings (SSSR count). The van der Waals surface area contributed by atoms with Crippen molar-refractivity contribution in [2.24, 2.45) is 5.18 Å². The minimum absolute atomic E-state index is 0.243. The van der Waals surface area contributed by atoms with Crippen LogP contribution in [0.5, 0.6) is 0 Å². The molecule has 0 aromatic rings. The van der Waals surface area contributed by atoms with Crippen molar-refractivity contribution in [1.29, 1.82) is 0 Å². The highest BCUT2D eigenvalue weighted by Gasteiger charge is 2.27. The molecule has 1 atom stereocenters. The third-order valence-electron chi connectivity index (χ3n) is 4.34. The third kappa shape index (κ3) is 6.49. The summed E-state index contributed by atoms with van der Waals surface area (Å²) in [5.41, 5.74) is -0.791. The molecule has 24 heavy (non-hydrogen) atoms. The lowest BCUT2D eigenvalue weighted by atomic mass is 9.98. The molecular weight excluding hydrogens is 312 g/mol. The van der Waals surface area contributed by atoms with Gasteiger partial charge in [-0.25, -0.2) is 0 Å². The van der Waals surface area contributed by atoms with Gasteiger partial charge in [-0.2, -0.15) is 4.91 Å². The summed E-state index contributed by atoms with van der Waals surface area (Å²) >= 11 is 0. The number of hydrogen-bond acceptors (Lipinski definition) is 6. The first-order valence-corrected chi connectivity index (χ1v) is 8.33. The van der Waals surface area contributed by atoms with Crippen molar-refractivity contribution in [3.05, 3.63) is 17.1 Å². The van der Waals surface area contributed by atoms with Crippen LogP contribution in [0.1, 0.15) is 47.0 Å². The SMILES string of the molecule is CCC(C)(CCN=O)OCCC(C)(C)OCCN1C(=O)C=CC1=O. The number of carbonyl (C=O) groups excluding carboxylic acids is 2. The van der Waals surface area contributed by atoms with Crippen molar-refractivity contribution in [3.63, 3.8) is 0 Å². The molecule has 0 N–H and O–H groups in total. The lowest BCUT2D eigenvalue weighted by Gasteiger charge is -2.31. The highest BCUT2D eigenvalue weighted by molar-refractivity contribution is 6.12. The first kappa shape index (κ1) is 20.4. The zero-order valence-electron chi connectivity index (χ0n) is 15.0. The van der Waals surface area contributed by atoms with Crippen LogP contribution in [0.25, 0.3) is 0 Å². The highest BCUT2D eigenvalue weighted by Crippen LogP contribution is 2.23. The number of rotatable bonds is 12. The van der Waals surface area contributed by atoms with Crippen LogP contribution in [0.4, 0.5) is 0 Å². The molecule has 7 heteroatoms. The van der Waals surface area contributed by atoms with Gasteiger partial charge in [0.05, 0.1) is 37.5 Å². The Kier molecular flexibility index (Phi) is 7.69. The van der Waals surface area contributed by atoms with Crippen LogP contribution in [0.2, 0.25) is 0 Å². The van der Waals surface area contributed by atoms with Gasteiger partial charge >= 0.3 is 0 Å². The van der Waals surface area contributed by atoms with Crippen molar-refractivity contribution >= 4 is 11.8 Å². The van der Waals surface area contributed by atoms with E-state index < -0.39 is 5.60 Å². The number of hydrogen-bond donors (Lipinski definition) is 0. The average molecular weight is 340 g/mol. The van der Waals surface area contributed by atoms with E-state index in [0.717, 1.165) is 11.3 Å². The van der Waals surface area contributed by atoms with Gasteiger partial charge in [0, 0.05) is 12.2 Å². The van der Waals surface area contributed by atoms with E-state index >= 15 is 0 Å². The number of nitroso groups, excluding NO2 is 1. The van der Waals surface area contributed by atoms with E-state index in [0.29, 0.717) is 19.4 Å². The topological polar surface area (TPSA) is 85.3 Å². The molecule has 0 saturated heterocycles. The molecule has 0 aromatic carbocycles. The summed E-state index contributed by atoms with van der Waals surface area (Å²) in [5, 5.41) is 2.90. The summed E-state index contributed by atoms with van der Waals surface area (Å²) in [5.74, 6) is -0.598. The minimum Gasteiger partial charge on any atom is -0.375 e. The maximum Gasteiger partial charge on any atom is 0.253 e. The lowest BCUT2D eigenvalue weighted by molar-refractivity contribution is -0.139. The van der Waals surface area contributed by atoms with Gasteiger partial charge in [0.1, 0.15) is 0 Å². The van der Waals surface area contributed by atoms with E-state index in [1.54, 1.807) is 0 Å². The van der Waals surface area contributed by atoms with Crippen LogP contribution >= 0.6 is 0 Å². The number of carbonyl (C=O) groups is 2. The van der Waals surface area contributed by atoms with Crippen LogP contribution in [-0.4, -0.2) is 54.2 Å². The second-order valence-corrected chi connectivity index (χ2v) is 6.77. The molecule has 0 saturated carbocycles. The van der Waals surface area contributed by atoms with Crippen molar-refractivity contribution < 1.29 is 19.1 Å². The largest absolute Gasteiger partial charge is 0.375 e. The smallest absolute Gasteiger partial charge is 0.253 e. The Labute approximate surface area is 143 Å². The van der Waals surface area contributed by atoms with Crippen LogP contribution in [0.15, 0.2) is 17.3 Å². The molecule has 0 bridgehead atoms. The Hall–Kier alpha value is -1.60. The van der Waals surface area contributed by atoms with E-state index in [9.17, 15) is 14.5 Å². The fourth-order valence-electron chi connectivity index (χ4n) is 2.31. The van der Waals surface area contributed by atoms with Gasteiger partial charge < -0.3 is 9.47 Å².